The van der Waals surface area contributed by atoms with Crippen LogP contribution in [0.15, 0.2) is 22.7 Å². The molecular weight excluding hydrogens is 222 g/mol. The molecule has 0 saturated carbocycles. The van der Waals surface area contributed by atoms with Gasteiger partial charge in [0.15, 0.2) is 0 Å². The Balaban J connectivity index is 3.07. The lowest BCUT2D eigenvalue weighted by molar-refractivity contribution is 0.182. The first-order valence-corrected chi connectivity index (χ1v) is 4.31. The van der Waals surface area contributed by atoms with Gasteiger partial charge >= 0.3 is 0 Å². The van der Waals surface area contributed by atoms with Crippen LogP contribution in [0.4, 0.5) is 0 Å². The number of rotatable bonds is 2. The number of nitrogens with two attached hydrogens (primary N) is 1. The maximum atomic E-state index is 9.44. The summed E-state index contributed by atoms with van der Waals surface area (Å²) in [6, 6.07) is 5.07. The molecule has 1 aromatic carbocycles. The van der Waals surface area contributed by atoms with E-state index in [1.165, 1.54) is 0 Å². The van der Waals surface area contributed by atoms with E-state index in [1.54, 1.807) is 18.2 Å². The molecule has 0 aliphatic rings. The third-order valence-corrected chi connectivity index (χ3v) is 2.24. The van der Waals surface area contributed by atoms with Crippen molar-refractivity contribution in [1.29, 1.82) is 0 Å². The highest BCUT2D eigenvalue weighted by atomic mass is 79.9. The topological polar surface area (TPSA) is 66.5 Å². The normalized spacial score (nSPS) is 12.9. The molecule has 0 bridgehead atoms. The minimum Gasteiger partial charge on any atom is -0.506 e. The second-order valence-corrected chi connectivity index (χ2v) is 3.28. The van der Waals surface area contributed by atoms with E-state index < -0.39 is 6.10 Å². The fourth-order valence-corrected chi connectivity index (χ4v) is 1.31. The number of aliphatic hydroxyl groups is 1. The lowest BCUT2D eigenvalue weighted by Crippen LogP contribution is -2.11. The van der Waals surface area contributed by atoms with E-state index in [0.717, 1.165) is 0 Å². The number of halogens is 1. The monoisotopic (exact) mass is 231 g/mol. The van der Waals surface area contributed by atoms with Gasteiger partial charge in [0.2, 0.25) is 0 Å². The third kappa shape index (κ3) is 1.77. The quantitative estimate of drug-likeness (QED) is 0.716. The van der Waals surface area contributed by atoms with Crippen LogP contribution in [0.5, 0.6) is 5.75 Å². The van der Waals surface area contributed by atoms with Gasteiger partial charge in [0, 0.05) is 12.1 Å². The van der Waals surface area contributed by atoms with Gasteiger partial charge in [0.1, 0.15) is 5.75 Å². The molecule has 1 atom stereocenters. The SMILES string of the molecule is NC[C@@H](O)c1cccc(Br)c1O. The zero-order chi connectivity index (χ0) is 9.14. The Morgan fingerprint density at radius 3 is 2.75 bits per heavy atom. The minimum absolute atomic E-state index is 0.0513. The molecule has 0 aliphatic carbocycles. The molecule has 0 radical (unpaired) electrons. The molecule has 0 heterocycles. The van der Waals surface area contributed by atoms with E-state index in [9.17, 15) is 10.2 Å². The van der Waals surface area contributed by atoms with Crippen LogP contribution in [0, 0.1) is 0 Å². The van der Waals surface area contributed by atoms with Crippen molar-refractivity contribution in [2.75, 3.05) is 6.54 Å². The average Bonchev–Trinajstić information content (AvgIpc) is 2.08. The molecule has 0 spiro atoms. The van der Waals surface area contributed by atoms with E-state index in [1.807, 2.05) is 0 Å². The summed E-state index contributed by atoms with van der Waals surface area (Å²) in [5.41, 5.74) is 5.70. The second-order valence-electron chi connectivity index (χ2n) is 2.43. The van der Waals surface area contributed by atoms with Gasteiger partial charge in [-0.25, -0.2) is 0 Å². The number of benzene rings is 1. The van der Waals surface area contributed by atoms with E-state index in [2.05, 4.69) is 15.9 Å². The highest BCUT2D eigenvalue weighted by molar-refractivity contribution is 9.10. The molecule has 0 fully saturated rings. The zero-order valence-corrected chi connectivity index (χ0v) is 7.95. The summed E-state index contributed by atoms with van der Waals surface area (Å²) in [5, 5.41) is 18.8. The zero-order valence-electron chi connectivity index (χ0n) is 6.37. The highest BCUT2D eigenvalue weighted by Gasteiger charge is 2.11. The van der Waals surface area contributed by atoms with Crippen molar-refractivity contribution in [2.24, 2.45) is 5.73 Å². The van der Waals surface area contributed by atoms with Crippen LogP contribution >= 0.6 is 15.9 Å². The van der Waals surface area contributed by atoms with Gasteiger partial charge in [-0.1, -0.05) is 12.1 Å². The summed E-state index contributed by atoms with van der Waals surface area (Å²) in [4.78, 5) is 0. The fraction of sp³-hybridized carbons (Fsp3) is 0.250. The van der Waals surface area contributed by atoms with Crippen LogP contribution in [0.2, 0.25) is 0 Å². The van der Waals surface area contributed by atoms with Gasteiger partial charge in [0.05, 0.1) is 10.6 Å². The molecule has 12 heavy (non-hydrogen) atoms. The van der Waals surface area contributed by atoms with Crippen LogP contribution in [0.3, 0.4) is 0 Å². The number of phenolic OH excluding ortho intramolecular Hbond substituents is 1. The molecule has 0 amide bonds. The smallest absolute Gasteiger partial charge is 0.135 e. The Hall–Kier alpha value is -0.580. The number of phenols is 1. The van der Waals surface area contributed by atoms with Gasteiger partial charge < -0.3 is 15.9 Å². The Kier molecular flexibility index (Phi) is 3.08. The summed E-state index contributed by atoms with van der Waals surface area (Å²) in [5.74, 6) is 0.0513. The van der Waals surface area contributed by atoms with Crippen molar-refractivity contribution in [1.82, 2.24) is 0 Å². The van der Waals surface area contributed by atoms with E-state index in [4.69, 9.17) is 5.73 Å². The standard InChI is InChI=1S/C8H10BrNO2/c9-6-3-1-2-5(8(6)12)7(11)4-10/h1-3,7,11-12H,4,10H2/t7-/m1/s1. The Morgan fingerprint density at radius 2 is 2.17 bits per heavy atom. The van der Waals surface area contributed by atoms with Gasteiger partial charge in [-0.05, 0) is 22.0 Å². The van der Waals surface area contributed by atoms with Crippen LogP contribution in [0.25, 0.3) is 0 Å². The third-order valence-electron chi connectivity index (χ3n) is 1.60. The average molecular weight is 232 g/mol. The minimum atomic E-state index is -0.803. The number of hydrogen-bond donors (Lipinski definition) is 3. The van der Waals surface area contributed by atoms with E-state index in [0.29, 0.717) is 10.0 Å². The van der Waals surface area contributed by atoms with Crippen LogP contribution in [0.1, 0.15) is 11.7 Å². The summed E-state index contributed by atoms with van der Waals surface area (Å²) >= 11 is 3.14. The van der Waals surface area contributed by atoms with Crippen molar-refractivity contribution in [3.8, 4) is 5.75 Å². The molecule has 3 nitrogen and oxygen atoms in total. The molecule has 66 valence electrons. The van der Waals surface area contributed by atoms with Gasteiger partial charge in [-0.15, -0.1) is 0 Å². The largest absolute Gasteiger partial charge is 0.506 e. The number of aliphatic hydroxyl groups excluding tert-OH is 1. The molecule has 4 N–H and O–H groups in total. The van der Waals surface area contributed by atoms with Gasteiger partial charge in [-0.3, -0.25) is 0 Å². The molecule has 0 aromatic heterocycles. The van der Waals surface area contributed by atoms with Crippen molar-refractivity contribution in [3.05, 3.63) is 28.2 Å². The lowest BCUT2D eigenvalue weighted by Gasteiger charge is -2.10. The lowest BCUT2D eigenvalue weighted by atomic mass is 10.1. The van der Waals surface area contributed by atoms with Gasteiger partial charge in [0.25, 0.3) is 0 Å². The van der Waals surface area contributed by atoms with E-state index in [-0.39, 0.29) is 12.3 Å². The van der Waals surface area contributed by atoms with Crippen LogP contribution < -0.4 is 5.73 Å². The fourth-order valence-electron chi connectivity index (χ4n) is 0.928. The summed E-state index contributed by atoms with van der Waals surface area (Å²) in [7, 11) is 0. The molecule has 0 saturated heterocycles. The number of aromatic hydroxyl groups is 1. The predicted molar refractivity (Wildman–Crippen MR) is 49.8 cm³/mol. The summed E-state index contributed by atoms with van der Waals surface area (Å²) < 4.78 is 0.563. The molecular formula is C8H10BrNO2. The molecule has 4 heteroatoms. The summed E-state index contributed by atoms with van der Waals surface area (Å²) in [6.07, 6.45) is -0.803. The number of para-hydroxylation sites is 1. The Bertz CT molecular complexity index is 278. The Morgan fingerprint density at radius 1 is 1.50 bits per heavy atom. The first kappa shape index (κ1) is 9.51. The predicted octanol–water partition coefficient (Wildman–Crippen LogP) is 1.15. The molecule has 0 aliphatic heterocycles. The second kappa shape index (κ2) is 3.89. The highest BCUT2D eigenvalue weighted by Crippen LogP contribution is 2.30. The summed E-state index contributed by atoms with van der Waals surface area (Å²) in [6.45, 7) is 0.101. The first-order chi connectivity index (χ1) is 5.66. The van der Waals surface area contributed by atoms with Crippen molar-refractivity contribution >= 4 is 15.9 Å². The molecule has 0 unspecified atom stereocenters. The van der Waals surface area contributed by atoms with Crippen molar-refractivity contribution in [2.45, 2.75) is 6.10 Å². The molecule has 1 rings (SSSR count). The van der Waals surface area contributed by atoms with Crippen LogP contribution in [-0.4, -0.2) is 16.8 Å². The first-order valence-electron chi connectivity index (χ1n) is 3.52. The number of hydrogen-bond acceptors (Lipinski definition) is 3. The van der Waals surface area contributed by atoms with Crippen molar-refractivity contribution < 1.29 is 10.2 Å². The maximum absolute atomic E-state index is 9.44. The van der Waals surface area contributed by atoms with E-state index >= 15 is 0 Å². The maximum Gasteiger partial charge on any atom is 0.135 e. The van der Waals surface area contributed by atoms with Crippen molar-refractivity contribution in [3.63, 3.8) is 0 Å². The van der Waals surface area contributed by atoms with Gasteiger partial charge in [-0.2, -0.15) is 0 Å². The molecule has 1 aromatic rings. The Labute approximate surface area is 79.0 Å². The van der Waals surface area contributed by atoms with Crippen LogP contribution in [-0.2, 0) is 0 Å².